The van der Waals surface area contributed by atoms with E-state index in [0.29, 0.717) is 0 Å². The number of hydrogen-bond acceptors (Lipinski definition) is 2. The van der Waals surface area contributed by atoms with Crippen LogP contribution in [-0.2, 0) is 11.0 Å². The van der Waals surface area contributed by atoms with Crippen molar-refractivity contribution in [3.05, 3.63) is 0 Å². The maximum Gasteiger partial charge on any atom is 0.487 e. The third-order valence-electron chi connectivity index (χ3n) is 0.321. The van der Waals surface area contributed by atoms with Gasteiger partial charge in [-0.05, 0) is 0 Å². The first-order chi connectivity index (χ1) is 4.98. The second kappa shape index (κ2) is 4.50. The summed E-state index contributed by atoms with van der Waals surface area (Å²) in [6.45, 7) is 0. The van der Waals surface area contributed by atoms with Gasteiger partial charge >= 0.3 is 12.4 Å². The molecule has 0 aliphatic rings. The van der Waals surface area contributed by atoms with Crippen LogP contribution in [0.4, 0.5) is 26.3 Å². The Morgan fingerprint density at radius 1 is 0.833 bits per heavy atom. The molecule has 0 fully saturated rings. The molecule has 10 heteroatoms. The number of rotatable bonds is 0. The molecule has 0 aliphatic heterocycles. The van der Waals surface area contributed by atoms with Crippen molar-refractivity contribution in [2.75, 3.05) is 0 Å². The van der Waals surface area contributed by atoms with E-state index in [2.05, 4.69) is 0 Å². The number of hydrogen-bond donors (Lipinski definition) is 2. The number of halogens is 6. The molecule has 0 saturated carbocycles. The Hall–Kier alpha value is -0.510. The molecular weight excluding hydrogens is 218 g/mol. The standard InChI is InChI=1S/C2F6.H2O3S/c3-1(4,5)2(6,7)8;1-4(2)3/h;4H,(H,1,2,3). The molecule has 0 aliphatic carbocycles. The van der Waals surface area contributed by atoms with Crippen LogP contribution in [0, 0.1) is 0 Å². The van der Waals surface area contributed by atoms with E-state index in [1.165, 1.54) is 0 Å². The van der Waals surface area contributed by atoms with Crippen LogP contribution >= 0.6 is 0 Å². The lowest BCUT2D eigenvalue weighted by Crippen LogP contribution is -2.30. The summed E-state index contributed by atoms with van der Waals surface area (Å²) in [5.41, 5.74) is 0. The topological polar surface area (TPSA) is 54.4 Å². The monoisotopic (exact) mass is 220 g/mol. The molecule has 0 atom stereocenters. The maximum absolute atomic E-state index is 10.4. The van der Waals surface area contributed by atoms with Crippen molar-refractivity contribution in [1.82, 2.24) is 0 Å². The van der Waals surface area contributed by atoms with Crippen LogP contribution < -0.4 is 0 Å². The first-order valence-electron chi connectivity index (χ1n) is 1.95. The lowest BCUT2D eigenvalue weighted by atomic mass is 10.7. The Labute approximate surface area is 63.8 Å². The van der Waals surface area contributed by atoms with Gasteiger partial charge in [0.05, 0.1) is 0 Å². The predicted molar refractivity (Wildman–Crippen MR) is 25.1 cm³/mol. The summed E-state index contributed by atoms with van der Waals surface area (Å²) in [5, 5.41) is 0. The summed E-state index contributed by atoms with van der Waals surface area (Å²) >= 11 is 0. The largest absolute Gasteiger partial charge is 0.487 e. The zero-order chi connectivity index (χ0) is 10.6. The minimum atomic E-state index is -6.06. The number of alkyl halides is 6. The summed E-state index contributed by atoms with van der Waals surface area (Å²) in [6, 6.07) is 0. The van der Waals surface area contributed by atoms with E-state index >= 15 is 0 Å². The van der Waals surface area contributed by atoms with Gasteiger partial charge in [0.2, 0.25) is 0 Å². The fraction of sp³-hybridized carbons (Fsp3) is 1.00. The van der Waals surface area contributed by atoms with Gasteiger partial charge in [0.15, 0.2) is 0 Å². The summed E-state index contributed by atoms with van der Waals surface area (Å²) in [5.74, 6) is 0. The normalized spacial score (nSPS) is 12.3. The molecule has 0 aromatic rings. The summed E-state index contributed by atoms with van der Waals surface area (Å²) in [7, 11) is -3.12. The summed E-state index contributed by atoms with van der Waals surface area (Å²) in [6.07, 6.45) is -12.1. The summed E-state index contributed by atoms with van der Waals surface area (Å²) < 4.78 is 86.8. The first-order valence-corrected chi connectivity index (χ1v) is 3.08. The van der Waals surface area contributed by atoms with Crippen molar-refractivity contribution in [3.63, 3.8) is 0 Å². The Morgan fingerprint density at radius 2 is 0.917 bits per heavy atom. The van der Waals surface area contributed by atoms with Gasteiger partial charge in [0.25, 0.3) is 11.0 Å². The minimum absolute atomic E-state index is 3.12. The molecule has 0 bridgehead atoms. The van der Waals surface area contributed by atoms with Crippen molar-refractivity contribution in [2.24, 2.45) is 0 Å². The quantitative estimate of drug-likeness (QED) is 0.366. The second-order valence-corrected chi connectivity index (χ2v) is 1.71. The van der Waals surface area contributed by atoms with Crippen molar-refractivity contribution < 1.29 is 39.3 Å². The van der Waals surface area contributed by atoms with Gasteiger partial charge in [-0.15, -0.1) is 0 Å². The molecule has 0 spiro atoms. The molecule has 0 heterocycles. The molecule has 76 valence electrons. The Bertz CT molecular complexity index is 168. The van der Waals surface area contributed by atoms with Gasteiger partial charge < -0.3 is 0 Å². The fourth-order valence-corrected chi connectivity index (χ4v) is 0. The maximum atomic E-state index is 10.4. The SMILES string of the molecule is FC(F)(F)C(F)(F)F.O=[SH](=O)O. The van der Waals surface area contributed by atoms with Crippen LogP contribution in [0.2, 0.25) is 0 Å². The van der Waals surface area contributed by atoms with Gasteiger partial charge in [-0.25, -0.2) is 8.42 Å². The minimum Gasteiger partial charge on any atom is -0.288 e. The highest BCUT2D eigenvalue weighted by Crippen LogP contribution is 2.35. The van der Waals surface area contributed by atoms with E-state index < -0.39 is 23.3 Å². The molecular formula is C2H2F6O3S. The second-order valence-electron chi connectivity index (χ2n) is 1.23. The van der Waals surface area contributed by atoms with Crippen LogP contribution in [-0.4, -0.2) is 25.3 Å². The first kappa shape index (κ1) is 14.0. The molecule has 12 heavy (non-hydrogen) atoms. The van der Waals surface area contributed by atoms with Crippen molar-refractivity contribution in [3.8, 4) is 0 Å². The highest BCUT2D eigenvalue weighted by molar-refractivity contribution is 7.66. The van der Waals surface area contributed by atoms with E-state index in [4.69, 9.17) is 13.0 Å². The third kappa shape index (κ3) is 9.49. The predicted octanol–water partition coefficient (Wildman–Crippen LogP) is 1.18. The molecule has 0 rings (SSSR count). The Balaban J connectivity index is 0. The zero-order valence-electron chi connectivity index (χ0n) is 4.98. The Kier molecular flexibility index (Phi) is 5.26. The van der Waals surface area contributed by atoms with E-state index in [1.807, 2.05) is 0 Å². The van der Waals surface area contributed by atoms with Crippen molar-refractivity contribution in [1.29, 1.82) is 0 Å². The Morgan fingerprint density at radius 3 is 0.917 bits per heavy atom. The van der Waals surface area contributed by atoms with E-state index in [-0.39, 0.29) is 0 Å². The van der Waals surface area contributed by atoms with Crippen LogP contribution in [0.1, 0.15) is 0 Å². The molecule has 3 nitrogen and oxygen atoms in total. The smallest absolute Gasteiger partial charge is 0.288 e. The molecule has 0 radical (unpaired) electrons. The molecule has 0 aromatic carbocycles. The highest BCUT2D eigenvalue weighted by Gasteiger charge is 2.58. The van der Waals surface area contributed by atoms with Crippen LogP contribution in [0.5, 0.6) is 0 Å². The van der Waals surface area contributed by atoms with Crippen LogP contribution in [0.15, 0.2) is 0 Å². The van der Waals surface area contributed by atoms with E-state index in [0.717, 1.165) is 0 Å². The molecule has 1 N–H and O–H groups in total. The molecule has 0 amide bonds. The van der Waals surface area contributed by atoms with Crippen LogP contribution in [0.25, 0.3) is 0 Å². The van der Waals surface area contributed by atoms with Gasteiger partial charge in [-0.2, -0.15) is 26.3 Å². The van der Waals surface area contributed by atoms with Gasteiger partial charge in [0, 0.05) is 0 Å². The van der Waals surface area contributed by atoms with E-state index in [9.17, 15) is 26.3 Å². The van der Waals surface area contributed by atoms with Gasteiger partial charge in [-0.1, -0.05) is 0 Å². The van der Waals surface area contributed by atoms with Crippen molar-refractivity contribution in [2.45, 2.75) is 12.4 Å². The molecule has 0 unspecified atom stereocenters. The van der Waals surface area contributed by atoms with E-state index in [1.54, 1.807) is 0 Å². The zero-order valence-corrected chi connectivity index (χ0v) is 5.87. The lowest BCUT2D eigenvalue weighted by Gasteiger charge is -2.08. The van der Waals surface area contributed by atoms with Crippen LogP contribution in [0.3, 0.4) is 0 Å². The van der Waals surface area contributed by atoms with Gasteiger partial charge in [-0.3, -0.25) is 4.55 Å². The molecule has 0 saturated heterocycles. The molecule has 0 aromatic heterocycles. The average Bonchev–Trinajstić information content (AvgIpc) is 1.55. The number of thiol groups is 1. The fourth-order valence-electron chi connectivity index (χ4n) is 0. The summed E-state index contributed by atoms with van der Waals surface area (Å²) in [4.78, 5) is 0. The lowest BCUT2D eigenvalue weighted by molar-refractivity contribution is -0.339. The van der Waals surface area contributed by atoms with Gasteiger partial charge in [0.1, 0.15) is 0 Å². The average molecular weight is 220 g/mol. The van der Waals surface area contributed by atoms with Crippen molar-refractivity contribution >= 4 is 11.0 Å². The third-order valence-corrected chi connectivity index (χ3v) is 0.321. The highest BCUT2D eigenvalue weighted by atomic mass is 32.2.